The Morgan fingerprint density at radius 3 is 2.70 bits per heavy atom. The summed E-state index contributed by atoms with van der Waals surface area (Å²) in [5.74, 6) is 0.583. The lowest BCUT2D eigenvalue weighted by atomic mass is 9.68. The minimum atomic E-state index is 0.0589. The normalized spacial score (nSPS) is 24.9. The van der Waals surface area contributed by atoms with Crippen LogP contribution < -0.4 is 10.6 Å². The molecule has 1 saturated heterocycles. The quantitative estimate of drug-likeness (QED) is 0.492. The van der Waals surface area contributed by atoms with Crippen LogP contribution >= 0.6 is 0 Å². The van der Waals surface area contributed by atoms with Crippen LogP contribution in [0.15, 0.2) is 36.2 Å². The lowest BCUT2D eigenvalue weighted by Gasteiger charge is -2.46. The molecule has 2 aliphatic rings. The molecule has 3 N–H and O–H groups in total. The zero-order valence-corrected chi connectivity index (χ0v) is 19.0. The van der Waals surface area contributed by atoms with Gasteiger partial charge in [-0.3, -0.25) is 4.98 Å². The van der Waals surface area contributed by atoms with Gasteiger partial charge >= 0.3 is 0 Å². The molecule has 5 nitrogen and oxygen atoms in total. The largest absolute Gasteiger partial charge is 0.390 e. The fraction of sp³-hybridized carbons (Fsp3) is 0.680. The Balaban J connectivity index is 1.76. The SMILES string of the molecule is CN/C(=C\C=N)C(CC(C)C)NCC[C@@]1(c2ccccn2)CCOC2(CCCC2)C1. The number of hydrogen-bond acceptors (Lipinski definition) is 5. The molecule has 0 aromatic carbocycles. The Morgan fingerprint density at radius 1 is 1.27 bits per heavy atom. The molecule has 1 unspecified atom stereocenters. The van der Waals surface area contributed by atoms with Crippen molar-refractivity contribution in [1.82, 2.24) is 15.6 Å². The van der Waals surface area contributed by atoms with Gasteiger partial charge in [-0.1, -0.05) is 32.8 Å². The summed E-state index contributed by atoms with van der Waals surface area (Å²) in [7, 11) is 1.95. The van der Waals surface area contributed by atoms with Gasteiger partial charge in [0, 0.05) is 48.9 Å². The van der Waals surface area contributed by atoms with Crippen molar-refractivity contribution >= 4 is 6.21 Å². The van der Waals surface area contributed by atoms with Crippen LogP contribution in [0.4, 0.5) is 0 Å². The molecule has 0 radical (unpaired) electrons. The van der Waals surface area contributed by atoms with E-state index >= 15 is 0 Å². The van der Waals surface area contributed by atoms with E-state index in [-0.39, 0.29) is 17.1 Å². The molecule has 2 atom stereocenters. The van der Waals surface area contributed by atoms with Gasteiger partial charge in [-0.25, -0.2) is 0 Å². The van der Waals surface area contributed by atoms with E-state index in [4.69, 9.17) is 15.1 Å². The van der Waals surface area contributed by atoms with Crippen molar-refractivity contribution in [3.63, 3.8) is 0 Å². The van der Waals surface area contributed by atoms with Crippen molar-refractivity contribution in [3.8, 4) is 0 Å². The molecule has 3 rings (SSSR count). The molecular formula is C25H40N4O. The van der Waals surface area contributed by atoms with Crippen molar-refractivity contribution in [3.05, 3.63) is 41.9 Å². The number of ether oxygens (including phenoxy) is 1. The Labute approximate surface area is 182 Å². The molecule has 1 aromatic heterocycles. The molecule has 2 fully saturated rings. The number of aromatic nitrogens is 1. The lowest BCUT2D eigenvalue weighted by Crippen LogP contribution is -2.48. The molecule has 5 heteroatoms. The van der Waals surface area contributed by atoms with Crippen LogP contribution in [0.25, 0.3) is 0 Å². The standard InChI is InChI=1S/C25H40N4O/c1-20(2)18-22(21(27-3)9-14-26)28-16-12-24(23-8-4-7-15-29-23)13-17-30-25(19-24)10-5-6-11-25/h4,7-9,14-15,20,22,26-28H,5-6,10-13,16-19H2,1-3H3/b21-9-,26-14?/t22?,24-/m1/s1. The average Bonchev–Trinajstić information content (AvgIpc) is 3.19. The van der Waals surface area contributed by atoms with Gasteiger partial charge in [-0.15, -0.1) is 0 Å². The average molecular weight is 413 g/mol. The van der Waals surface area contributed by atoms with Crippen LogP contribution in [-0.2, 0) is 10.2 Å². The summed E-state index contributed by atoms with van der Waals surface area (Å²) in [6, 6.07) is 6.59. The Kier molecular flexibility index (Phi) is 8.06. The van der Waals surface area contributed by atoms with Crippen molar-refractivity contribution in [2.45, 2.75) is 82.3 Å². The Morgan fingerprint density at radius 2 is 2.07 bits per heavy atom. The molecule has 0 amide bonds. The van der Waals surface area contributed by atoms with Crippen molar-refractivity contribution < 1.29 is 4.74 Å². The van der Waals surface area contributed by atoms with Gasteiger partial charge in [-0.2, -0.15) is 0 Å². The number of pyridine rings is 1. The number of nitrogens with zero attached hydrogens (tertiary/aromatic N) is 1. The van der Waals surface area contributed by atoms with E-state index < -0.39 is 0 Å². The van der Waals surface area contributed by atoms with E-state index in [9.17, 15) is 0 Å². The fourth-order valence-corrected chi connectivity index (χ4v) is 5.54. The predicted octanol–water partition coefficient (Wildman–Crippen LogP) is 4.59. The third kappa shape index (κ3) is 5.50. The molecule has 30 heavy (non-hydrogen) atoms. The molecule has 166 valence electrons. The fourth-order valence-electron chi connectivity index (χ4n) is 5.54. The third-order valence-corrected chi connectivity index (χ3v) is 7.00. The van der Waals surface area contributed by atoms with Gasteiger partial charge in [-0.05, 0) is 69.2 Å². The number of likely N-dealkylation sites (N-methyl/N-ethyl adjacent to an activating group) is 1. The molecule has 1 saturated carbocycles. The minimum Gasteiger partial charge on any atom is -0.390 e. The van der Waals surface area contributed by atoms with Gasteiger partial charge in [0.2, 0.25) is 0 Å². The van der Waals surface area contributed by atoms with Gasteiger partial charge in [0.05, 0.1) is 5.60 Å². The minimum absolute atomic E-state index is 0.0589. The highest BCUT2D eigenvalue weighted by atomic mass is 16.5. The zero-order chi connectivity index (χ0) is 21.5. The predicted molar refractivity (Wildman–Crippen MR) is 124 cm³/mol. The third-order valence-electron chi connectivity index (χ3n) is 7.00. The van der Waals surface area contributed by atoms with Crippen LogP contribution in [-0.4, -0.2) is 43.0 Å². The summed E-state index contributed by atoms with van der Waals surface area (Å²) < 4.78 is 6.38. The maximum absolute atomic E-state index is 7.49. The molecule has 1 aliphatic heterocycles. The van der Waals surface area contributed by atoms with Gasteiger partial charge in [0.1, 0.15) is 0 Å². The van der Waals surface area contributed by atoms with E-state index in [1.165, 1.54) is 37.6 Å². The number of rotatable bonds is 10. The van der Waals surface area contributed by atoms with Crippen molar-refractivity contribution in [2.24, 2.45) is 5.92 Å². The second-order valence-electron chi connectivity index (χ2n) is 9.59. The molecule has 0 bridgehead atoms. The first-order chi connectivity index (χ1) is 14.5. The van der Waals surface area contributed by atoms with E-state index in [2.05, 4.69) is 36.6 Å². The summed E-state index contributed by atoms with van der Waals surface area (Å²) in [6.07, 6.45) is 14.4. The van der Waals surface area contributed by atoms with Crippen LogP contribution in [0, 0.1) is 11.3 Å². The van der Waals surface area contributed by atoms with Crippen LogP contribution in [0.5, 0.6) is 0 Å². The summed E-state index contributed by atoms with van der Waals surface area (Å²) in [5.41, 5.74) is 2.45. The monoisotopic (exact) mass is 412 g/mol. The van der Waals surface area contributed by atoms with Crippen LogP contribution in [0.3, 0.4) is 0 Å². The number of allylic oxidation sites excluding steroid dienone is 1. The number of hydrogen-bond donors (Lipinski definition) is 3. The Hall–Kier alpha value is -1.72. The van der Waals surface area contributed by atoms with E-state index in [1.54, 1.807) is 0 Å². The molecule has 1 aromatic rings. The molecule has 1 aliphatic carbocycles. The van der Waals surface area contributed by atoms with Crippen molar-refractivity contribution in [1.29, 1.82) is 5.41 Å². The molecular weight excluding hydrogens is 372 g/mol. The highest BCUT2D eigenvalue weighted by Crippen LogP contribution is 2.49. The first kappa shape index (κ1) is 23.0. The van der Waals surface area contributed by atoms with Gasteiger partial charge in [0.25, 0.3) is 0 Å². The van der Waals surface area contributed by atoms with E-state index in [1.807, 2.05) is 25.4 Å². The topological polar surface area (TPSA) is 70.0 Å². The zero-order valence-electron chi connectivity index (χ0n) is 19.0. The first-order valence-corrected chi connectivity index (χ1v) is 11.7. The summed E-state index contributed by atoms with van der Waals surface area (Å²) in [4.78, 5) is 4.82. The second-order valence-corrected chi connectivity index (χ2v) is 9.59. The van der Waals surface area contributed by atoms with Crippen LogP contribution in [0.2, 0.25) is 0 Å². The van der Waals surface area contributed by atoms with E-state index in [0.717, 1.165) is 44.5 Å². The maximum Gasteiger partial charge on any atom is 0.0691 e. The summed E-state index contributed by atoms with van der Waals surface area (Å²) in [5, 5.41) is 14.6. The van der Waals surface area contributed by atoms with E-state index in [0.29, 0.717) is 5.92 Å². The van der Waals surface area contributed by atoms with Crippen molar-refractivity contribution in [2.75, 3.05) is 20.2 Å². The van der Waals surface area contributed by atoms with Gasteiger partial charge < -0.3 is 20.8 Å². The maximum atomic E-state index is 7.49. The highest BCUT2D eigenvalue weighted by molar-refractivity contribution is 5.69. The molecule has 1 spiro atoms. The summed E-state index contributed by atoms with van der Waals surface area (Å²) >= 11 is 0. The highest BCUT2D eigenvalue weighted by Gasteiger charge is 2.48. The lowest BCUT2D eigenvalue weighted by molar-refractivity contribution is -0.104. The molecule has 2 heterocycles. The Bertz CT molecular complexity index is 696. The second kappa shape index (κ2) is 10.5. The first-order valence-electron chi connectivity index (χ1n) is 11.7. The van der Waals surface area contributed by atoms with Gasteiger partial charge in [0.15, 0.2) is 0 Å². The number of nitrogens with one attached hydrogen (secondary N) is 3. The smallest absolute Gasteiger partial charge is 0.0691 e. The summed E-state index contributed by atoms with van der Waals surface area (Å²) in [6.45, 7) is 6.27. The van der Waals surface area contributed by atoms with Crippen LogP contribution in [0.1, 0.15) is 70.9 Å².